The second-order valence-electron chi connectivity index (χ2n) is 6.30. The van der Waals surface area contributed by atoms with Crippen molar-refractivity contribution in [1.82, 2.24) is 5.32 Å². The number of amides is 2. The molecule has 2 aromatic carbocycles. The van der Waals surface area contributed by atoms with E-state index in [1.54, 1.807) is 18.2 Å². The molecule has 8 heteroatoms. The predicted molar refractivity (Wildman–Crippen MR) is 101 cm³/mol. The minimum atomic E-state index is -1.41. The van der Waals surface area contributed by atoms with Crippen LogP contribution in [-0.2, 0) is 23.9 Å². The highest BCUT2D eigenvalue weighted by Gasteiger charge is 2.41. The van der Waals surface area contributed by atoms with Crippen LogP contribution >= 0.6 is 0 Å². The van der Waals surface area contributed by atoms with E-state index in [1.165, 1.54) is 6.92 Å². The van der Waals surface area contributed by atoms with E-state index in [1.807, 2.05) is 24.3 Å². The summed E-state index contributed by atoms with van der Waals surface area (Å²) in [5, 5.41) is 4.31. The molecule has 0 radical (unpaired) electrons. The third-order valence-corrected chi connectivity index (χ3v) is 4.57. The number of fused-ring (bicyclic) bond motifs is 1. The normalized spacial score (nSPS) is 12.9. The highest BCUT2D eigenvalue weighted by Crippen LogP contribution is 2.21. The second kappa shape index (κ2) is 8.98. The molecule has 148 valence electrons. The average Bonchev–Trinajstić information content (AvgIpc) is 2.70. The fraction of sp³-hybridized carbons (Fsp3) is 0.300. The lowest BCUT2D eigenvalue weighted by atomic mass is 9.86. The zero-order chi connectivity index (χ0) is 20.8. The standard InChI is InChI=1S/C20H22N2O6/c1-11(15(19(25)27-2)20(26)28-3)16(17(21)23)22-18(24)14-9-8-12-6-4-5-7-13(12)10-14/h4-11,15-16H,1-3H3,(H2,21,23)(H,22,24)/t11-,16-/m0/s1. The van der Waals surface area contributed by atoms with Crippen molar-refractivity contribution in [2.45, 2.75) is 13.0 Å². The molecule has 0 saturated heterocycles. The van der Waals surface area contributed by atoms with Gasteiger partial charge < -0.3 is 20.5 Å². The molecule has 0 saturated carbocycles. The lowest BCUT2D eigenvalue weighted by Gasteiger charge is -2.26. The quantitative estimate of drug-likeness (QED) is 0.541. The molecule has 2 aromatic rings. The first-order valence-corrected chi connectivity index (χ1v) is 8.54. The average molecular weight is 386 g/mol. The Balaban J connectivity index is 2.29. The summed E-state index contributed by atoms with van der Waals surface area (Å²) >= 11 is 0. The second-order valence-corrected chi connectivity index (χ2v) is 6.30. The Bertz CT molecular complexity index is 894. The fourth-order valence-corrected chi connectivity index (χ4v) is 2.99. The third-order valence-electron chi connectivity index (χ3n) is 4.57. The first kappa shape index (κ1) is 20.9. The number of primary amides is 1. The van der Waals surface area contributed by atoms with Gasteiger partial charge in [0.15, 0.2) is 5.92 Å². The fourth-order valence-electron chi connectivity index (χ4n) is 2.99. The molecule has 3 N–H and O–H groups in total. The number of carbonyl (C=O) groups excluding carboxylic acids is 4. The molecule has 8 nitrogen and oxygen atoms in total. The molecular formula is C20H22N2O6. The molecule has 0 aliphatic rings. The van der Waals surface area contributed by atoms with Crippen molar-refractivity contribution in [3.8, 4) is 0 Å². The maximum Gasteiger partial charge on any atom is 0.320 e. The molecule has 0 aliphatic carbocycles. The molecule has 0 unspecified atom stereocenters. The summed E-state index contributed by atoms with van der Waals surface area (Å²) in [6, 6.07) is 11.3. The van der Waals surface area contributed by atoms with Crippen LogP contribution < -0.4 is 11.1 Å². The van der Waals surface area contributed by atoms with Gasteiger partial charge in [0.25, 0.3) is 5.91 Å². The van der Waals surface area contributed by atoms with Crippen molar-refractivity contribution < 1.29 is 28.7 Å². The summed E-state index contributed by atoms with van der Waals surface area (Å²) in [5.74, 6) is -5.61. The van der Waals surface area contributed by atoms with Gasteiger partial charge in [0, 0.05) is 11.5 Å². The number of benzene rings is 2. The van der Waals surface area contributed by atoms with Crippen molar-refractivity contribution >= 4 is 34.5 Å². The van der Waals surface area contributed by atoms with Crippen LogP contribution in [0, 0.1) is 11.8 Å². The Morgan fingerprint density at radius 1 is 0.929 bits per heavy atom. The summed E-state index contributed by atoms with van der Waals surface area (Å²) in [5.41, 5.74) is 5.73. The third kappa shape index (κ3) is 4.46. The molecular weight excluding hydrogens is 364 g/mol. The molecule has 2 rings (SSSR count). The van der Waals surface area contributed by atoms with Crippen LogP contribution in [0.4, 0.5) is 0 Å². The van der Waals surface area contributed by atoms with Gasteiger partial charge in [0.05, 0.1) is 14.2 Å². The van der Waals surface area contributed by atoms with E-state index in [2.05, 4.69) is 14.8 Å². The minimum absolute atomic E-state index is 0.310. The number of carbonyl (C=O) groups is 4. The van der Waals surface area contributed by atoms with Gasteiger partial charge in [-0.05, 0) is 22.9 Å². The number of ether oxygens (including phenoxy) is 2. The van der Waals surface area contributed by atoms with E-state index in [-0.39, 0.29) is 0 Å². The molecule has 0 spiro atoms. The van der Waals surface area contributed by atoms with E-state index in [4.69, 9.17) is 5.73 Å². The van der Waals surface area contributed by atoms with Gasteiger partial charge in [0.1, 0.15) is 6.04 Å². The van der Waals surface area contributed by atoms with E-state index in [9.17, 15) is 19.2 Å². The first-order chi connectivity index (χ1) is 13.3. The molecule has 0 aliphatic heterocycles. The Morgan fingerprint density at radius 3 is 2.04 bits per heavy atom. The van der Waals surface area contributed by atoms with Crippen LogP contribution in [0.25, 0.3) is 10.8 Å². The number of methoxy groups -OCH3 is 2. The van der Waals surface area contributed by atoms with Crippen LogP contribution in [0.15, 0.2) is 42.5 Å². The zero-order valence-corrected chi connectivity index (χ0v) is 15.8. The van der Waals surface area contributed by atoms with E-state index < -0.39 is 41.6 Å². The Kier molecular flexibility index (Phi) is 6.70. The predicted octanol–water partition coefficient (Wildman–Crippen LogP) is 1.02. The molecule has 0 aromatic heterocycles. The number of esters is 2. The number of hydrogen-bond acceptors (Lipinski definition) is 6. The lowest BCUT2D eigenvalue weighted by Crippen LogP contribution is -2.52. The van der Waals surface area contributed by atoms with Crippen LogP contribution in [0.1, 0.15) is 17.3 Å². The number of nitrogens with one attached hydrogen (secondary N) is 1. The maximum absolute atomic E-state index is 12.7. The van der Waals surface area contributed by atoms with Gasteiger partial charge in [-0.15, -0.1) is 0 Å². The topological polar surface area (TPSA) is 125 Å². The highest BCUT2D eigenvalue weighted by atomic mass is 16.5. The van der Waals surface area contributed by atoms with Crippen LogP contribution in [0.2, 0.25) is 0 Å². The van der Waals surface area contributed by atoms with E-state index >= 15 is 0 Å². The molecule has 0 bridgehead atoms. The molecule has 2 atom stereocenters. The molecule has 28 heavy (non-hydrogen) atoms. The Labute approximate surface area is 162 Å². The SMILES string of the molecule is COC(=O)C(C(=O)OC)[C@H](C)[C@H](NC(=O)c1ccc2ccccc2c1)C(N)=O. The Hall–Kier alpha value is -3.42. The molecule has 2 amide bonds. The largest absolute Gasteiger partial charge is 0.468 e. The summed E-state index contributed by atoms with van der Waals surface area (Å²) in [6.07, 6.45) is 0. The van der Waals surface area contributed by atoms with Crippen molar-refractivity contribution in [3.05, 3.63) is 48.0 Å². The highest BCUT2D eigenvalue weighted by molar-refractivity contribution is 6.01. The summed E-state index contributed by atoms with van der Waals surface area (Å²) in [4.78, 5) is 48.6. The summed E-state index contributed by atoms with van der Waals surface area (Å²) < 4.78 is 9.24. The summed E-state index contributed by atoms with van der Waals surface area (Å²) in [6.45, 7) is 1.44. The van der Waals surface area contributed by atoms with E-state index in [0.29, 0.717) is 5.56 Å². The Morgan fingerprint density at radius 2 is 1.50 bits per heavy atom. The molecule has 0 fully saturated rings. The van der Waals surface area contributed by atoms with Gasteiger partial charge >= 0.3 is 11.9 Å². The first-order valence-electron chi connectivity index (χ1n) is 8.54. The number of nitrogens with two attached hydrogens (primary N) is 1. The summed E-state index contributed by atoms with van der Waals surface area (Å²) in [7, 11) is 2.22. The van der Waals surface area contributed by atoms with E-state index in [0.717, 1.165) is 25.0 Å². The van der Waals surface area contributed by atoms with Gasteiger partial charge in [-0.1, -0.05) is 37.3 Å². The van der Waals surface area contributed by atoms with Gasteiger partial charge in [-0.2, -0.15) is 0 Å². The van der Waals surface area contributed by atoms with Gasteiger partial charge in [-0.3, -0.25) is 19.2 Å². The number of rotatable bonds is 7. The maximum atomic E-state index is 12.7. The lowest BCUT2D eigenvalue weighted by molar-refractivity contribution is -0.161. The smallest absolute Gasteiger partial charge is 0.320 e. The monoisotopic (exact) mass is 386 g/mol. The number of hydrogen-bond donors (Lipinski definition) is 2. The van der Waals surface area contributed by atoms with Gasteiger partial charge in [0.2, 0.25) is 5.91 Å². The van der Waals surface area contributed by atoms with Crippen molar-refractivity contribution in [2.24, 2.45) is 17.6 Å². The van der Waals surface area contributed by atoms with Crippen molar-refractivity contribution in [2.75, 3.05) is 14.2 Å². The zero-order valence-electron chi connectivity index (χ0n) is 15.8. The van der Waals surface area contributed by atoms with Crippen LogP contribution in [0.5, 0.6) is 0 Å². The minimum Gasteiger partial charge on any atom is -0.468 e. The van der Waals surface area contributed by atoms with Crippen LogP contribution in [-0.4, -0.2) is 44.0 Å². The van der Waals surface area contributed by atoms with Crippen LogP contribution in [0.3, 0.4) is 0 Å². The molecule has 0 heterocycles. The van der Waals surface area contributed by atoms with Gasteiger partial charge in [-0.25, -0.2) is 0 Å². The van der Waals surface area contributed by atoms with Crippen molar-refractivity contribution in [3.63, 3.8) is 0 Å². The van der Waals surface area contributed by atoms with Crippen molar-refractivity contribution in [1.29, 1.82) is 0 Å².